The van der Waals surface area contributed by atoms with Crippen LogP contribution in [0.3, 0.4) is 0 Å². The number of halogens is 2. The van der Waals surface area contributed by atoms with Crippen LogP contribution in [0.4, 0.5) is 8.78 Å². The van der Waals surface area contributed by atoms with Crippen LogP contribution < -0.4 is 4.74 Å². The number of hydrogen-bond acceptors (Lipinski definition) is 1. The summed E-state index contributed by atoms with van der Waals surface area (Å²) in [6.07, 6.45) is 0.481. The first-order valence-corrected chi connectivity index (χ1v) is 4.30. The van der Waals surface area contributed by atoms with Gasteiger partial charge in [-0.1, -0.05) is 13.0 Å². The van der Waals surface area contributed by atoms with Crippen LogP contribution >= 0.6 is 0 Å². The summed E-state index contributed by atoms with van der Waals surface area (Å²) in [6.45, 7) is 3.84. The van der Waals surface area contributed by atoms with Gasteiger partial charge >= 0.3 is 0 Å². The number of rotatable bonds is 3. The number of hydrogen-bond donors (Lipinski definition) is 0. The number of benzene rings is 1. The lowest BCUT2D eigenvalue weighted by molar-refractivity contribution is 0.313. The van der Waals surface area contributed by atoms with Crippen molar-refractivity contribution in [2.75, 3.05) is 6.61 Å². The molecule has 0 unspecified atom stereocenters. The molecule has 0 bridgehead atoms. The Labute approximate surface area is 76.3 Å². The van der Waals surface area contributed by atoms with E-state index >= 15 is 0 Å². The molecule has 0 saturated heterocycles. The Bertz CT molecular complexity index is 297. The SMILES string of the molecule is CCOc1ccc(CC)c(F)c1F. The molecule has 3 heteroatoms. The van der Waals surface area contributed by atoms with E-state index in [9.17, 15) is 8.78 Å². The van der Waals surface area contributed by atoms with E-state index in [1.165, 1.54) is 6.07 Å². The Balaban J connectivity index is 3.07. The summed E-state index contributed by atoms with van der Waals surface area (Å²) >= 11 is 0. The van der Waals surface area contributed by atoms with Crippen molar-refractivity contribution < 1.29 is 13.5 Å². The molecule has 1 aromatic carbocycles. The molecule has 0 aromatic heterocycles. The second kappa shape index (κ2) is 4.21. The summed E-state index contributed by atoms with van der Waals surface area (Å²) < 4.78 is 31.2. The van der Waals surface area contributed by atoms with Gasteiger partial charge in [0.05, 0.1) is 6.61 Å². The molecular formula is C10H12F2O. The molecule has 72 valence electrons. The quantitative estimate of drug-likeness (QED) is 0.705. The fraction of sp³-hybridized carbons (Fsp3) is 0.400. The van der Waals surface area contributed by atoms with Crippen LogP contribution in [-0.2, 0) is 6.42 Å². The minimum atomic E-state index is -0.888. The van der Waals surface area contributed by atoms with Crippen molar-refractivity contribution in [1.82, 2.24) is 0 Å². The van der Waals surface area contributed by atoms with Gasteiger partial charge in [-0.2, -0.15) is 4.39 Å². The van der Waals surface area contributed by atoms with Gasteiger partial charge in [-0.05, 0) is 25.0 Å². The van der Waals surface area contributed by atoms with Gasteiger partial charge in [-0.25, -0.2) is 4.39 Å². The molecule has 0 amide bonds. The first-order chi connectivity index (χ1) is 6.20. The lowest BCUT2D eigenvalue weighted by Crippen LogP contribution is -1.99. The maximum absolute atomic E-state index is 13.1. The Hall–Kier alpha value is -1.12. The largest absolute Gasteiger partial charge is 0.491 e. The topological polar surface area (TPSA) is 9.23 Å². The van der Waals surface area contributed by atoms with Gasteiger partial charge in [0, 0.05) is 0 Å². The van der Waals surface area contributed by atoms with Crippen molar-refractivity contribution in [3.63, 3.8) is 0 Å². The van der Waals surface area contributed by atoms with Gasteiger partial charge in [0.25, 0.3) is 0 Å². The van der Waals surface area contributed by atoms with Crippen molar-refractivity contribution in [3.05, 3.63) is 29.3 Å². The van der Waals surface area contributed by atoms with Gasteiger partial charge in [0.15, 0.2) is 11.6 Å². The average Bonchev–Trinajstić information content (AvgIpc) is 2.14. The molecular weight excluding hydrogens is 174 g/mol. The minimum absolute atomic E-state index is 0.0165. The highest BCUT2D eigenvalue weighted by Crippen LogP contribution is 2.22. The molecule has 0 N–H and O–H groups in total. The van der Waals surface area contributed by atoms with Crippen molar-refractivity contribution >= 4 is 0 Å². The van der Waals surface area contributed by atoms with Crippen molar-refractivity contribution in [1.29, 1.82) is 0 Å². The highest BCUT2D eigenvalue weighted by atomic mass is 19.2. The first kappa shape index (κ1) is 9.96. The van der Waals surface area contributed by atoms with Gasteiger partial charge in [-0.3, -0.25) is 0 Å². The Morgan fingerprint density at radius 2 is 1.85 bits per heavy atom. The molecule has 0 radical (unpaired) electrons. The van der Waals surface area contributed by atoms with E-state index in [4.69, 9.17) is 4.74 Å². The van der Waals surface area contributed by atoms with E-state index in [1.807, 2.05) is 0 Å². The fourth-order valence-electron chi connectivity index (χ4n) is 1.11. The van der Waals surface area contributed by atoms with Gasteiger partial charge < -0.3 is 4.74 Å². The molecule has 1 nitrogen and oxygen atoms in total. The third-order valence-corrected chi connectivity index (χ3v) is 1.81. The van der Waals surface area contributed by atoms with Crippen molar-refractivity contribution in [2.24, 2.45) is 0 Å². The molecule has 0 heterocycles. The van der Waals surface area contributed by atoms with Gasteiger partial charge in [-0.15, -0.1) is 0 Å². The average molecular weight is 186 g/mol. The normalized spacial score (nSPS) is 10.2. The number of aryl methyl sites for hydroxylation is 1. The van der Waals surface area contributed by atoms with Crippen LogP contribution in [0.1, 0.15) is 19.4 Å². The summed E-state index contributed by atoms with van der Waals surface area (Å²) in [7, 11) is 0. The summed E-state index contributed by atoms with van der Waals surface area (Å²) in [5.41, 5.74) is 0.376. The summed E-state index contributed by atoms with van der Waals surface area (Å²) in [6, 6.07) is 3.00. The third kappa shape index (κ3) is 1.97. The Kier molecular flexibility index (Phi) is 3.23. The van der Waals surface area contributed by atoms with E-state index in [0.29, 0.717) is 18.6 Å². The Morgan fingerprint density at radius 3 is 2.38 bits per heavy atom. The van der Waals surface area contributed by atoms with Gasteiger partial charge in [0.2, 0.25) is 5.82 Å². The maximum Gasteiger partial charge on any atom is 0.200 e. The molecule has 0 atom stereocenters. The highest BCUT2D eigenvalue weighted by molar-refractivity contribution is 5.30. The zero-order chi connectivity index (χ0) is 9.84. The Morgan fingerprint density at radius 1 is 1.15 bits per heavy atom. The van der Waals surface area contributed by atoms with E-state index in [0.717, 1.165) is 0 Å². The second-order valence-electron chi connectivity index (χ2n) is 2.64. The monoisotopic (exact) mass is 186 g/mol. The van der Waals surface area contributed by atoms with Crippen LogP contribution in [0.5, 0.6) is 5.75 Å². The molecule has 0 aliphatic heterocycles. The van der Waals surface area contributed by atoms with Crippen LogP contribution in [0.2, 0.25) is 0 Å². The van der Waals surface area contributed by atoms with Crippen LogP contribution in [-0.4, -0.2) is 6.61 Å². The molecule has 13 heavy (non-hydrogen) atoms. The zero-order valence-electron chi connectivity index (χ0n) is 7.73. The predicted octanol–water partition coefficient (Wildman–Crippen LogP) is 2.93. The standard InChI is InChI=1S/C10H12F2O/c1-3-7-5-6-8(13-4-2)10(12)9(7)11/h5-6H,3-4H2,1-2H3. The van der Waals surface area contributed by atoms with E-state index in [-0.39, 0.29) is 5.75 Å². The molecule has 0 aliphatic rings. The predicted molar refractivity (Wildman–Crippen MR) is 46.9 cm³/mol. The molecule has 1 rings (SSSR count). The summed E-state index contributed by atoms with van der Waals surface area (Å²) in [4.78, 5) is 0. The summed E-state index contributed by atoms with van der Waals surface area (Å²) in [5.74, 6) is -1.70. The van der Waals surface area contributed by atoms with Crippen molar-refractivity contribution in [3.8, 4) is 5.75 Å². The molecule has 1 aromatic rings. The molecule has 0 spiro atoms. The van der Waals surface area contributed by atoms with E-state index < -0.39 is 11.6 Å². The maximum atomic E-state index is 13.1. The lowest BCUT2D eigenvalue weighted by atomic mass is 10.1. The zero-order valence-corrected chi connectivity index (χ0v) is 7.73. The third-order valence-electron chi connectivity index (χ3n) is 1.81. The first-order valence-electron chi connectivity index (χ1n) is 4.30. The van der Waals surface area contributed by atoms with Gasteiger partial charge in [0.1, 0.15) is 0 Å². The number of ether oxygens (including phenoxy) is 1. The smallest absolute Gasteiger partial charge is 0.200 e. The van der Waals surface area contributed by atoms with E-state index in [2.05, 4.69) is 0 Å². The molecule has 0 aliphatic carbocycles. The van der Waals surface area contributed by atoms with E-state index in [1.54, 1.807) is 19.9 Å². The fourth-order valence-corrected chi connectivity index (χ4v) is 1.11. The molecule has 0 saturated carbocycles. The second-order valence-corrected chi connectivity index (χ2v) is 2.64. The lowest BCUT2D eigenvalue weighted by Gasteiger charge is -2.07. The van der Waals surface area contributed by atoms with Crippen LogP contribution in [0.15, 0.2) is 12.1 Å². The minimum Gasteiger partial charge on any atom is -0.491 e. The van der Waals surface area contributed by atoms with Crippen molar-refractivity contribution in [2.45, 2.75) is 20.3 Å². The summed E-state index contributed by atoms with van der Waals surface area (Å²) in [5, 5.41) is 0. The highest BCUT2D eigenvalue weighted by Gasteiger charge is 2.12. The van der Waals surface area contributed by atoms with Crippen LogP contribution in [0.25, 0.3) is 0 Å². The van der Waals surface area contributed by atoms with Crippen LogP contribution in [0, 0.1) is 11.6 Å². The molecule has 0 fully saturated rings.